The van der Waals surface area contributed by atoms with E-state index >= 15 is 0 Å². The van der Waals surface area contributed by atoms with E-state index in [1.54, 1.807) is 0 Å². The van der Waals surface area contributed by atoms with E-state index in [9.17, 15) is 9.35 Å². The van der Waals surface area contributed by atoms with Gasteiger partial charge in [0.25, 0.3) is 0 Å². The minimum absolute atomic E-state index is 0.355. The van der Waals surface area contributed by atoms with Crippen molar-refractivity contribution in [3.05, 3.63) is 0 Å². The zero-order valence-corrected chi connectivity index (χ0v) is 11.4. The summed E-state index contributed by atoms with van der Waals surface area (Å²) in [6.45, 7) is 6.64. The summed E-state index contributed by atoms with van der Waals surface area (Å²) in [6, 6.07) is 0. The molecule has 5 nitrogen and oxygen atoms in total. The topological polar surface area (TPSA) is 76.0 Å². The van der Waals surface area contributed by atoms with Crippen molar-refractivity contribution in [1.82, 2.24) is 4.90 Å². The van der Waals surface area contributed by atoms with Crippen molar-refractivity contribution in [2.24, 2.45) is 4.40 Å². The predicted molar refractivity (Wildman–Crippen MR) is 68.8 cm³/mol. The van der Waals surface area contributed by atoms with E-state index in [2.05, 4.69) is 4.40 Å². The summed E-state index contributed by atoms with van der Waals surface area (Å²) in [7, 11) is 0. The number of hydrogen-bond acceptors (Lipinski definition) is 3. The third-order valence-corrected chi connectivity index (χ3v) is 4.04. The lowest BCUT2D eigenvalue weighted by Gasteiger charge is -2.19. The summed E-state index contributed by atoms with van der Waals surface area (Å²) >= 11 is -1.24. The molecule has 1 N–H and O–H groups in total. The molecule has 0 spiro atoms. The maximum absolute atomic E-state index is 11.9. The van der Waals surface area contributed by atoms with Crippen LogP contribution in [0.1, 0.15) is 40.0 Å². The lowest BCUT2D eigenvalue weighted by atomic mass is 10.2. The fourth-order valence-corrected chi connectivity index (χ4v) is 2.20. The number of nitrogens with zero attached hydrogens (tertiary/aromatic N) is 2. The van der Waals surface area contributed by atoms with Crippen molar-refractivity contribution in [2.75, 3.05) is 13.1 Å². The Morgan fingerprint density at radius 1 is 1.41 bits per heavy atom. The molecule has 0 aliphatic carbocycles. The Morgan fingerprint density at radius 3 is 2.59 bits per heavy atom. The van der Waals surface area contributed by atoms with Crippen LogP contribution >= 0.6 is 0 Å². The highest BCUT2D eigenvalue weighted by Crippen LogP contribution is 2.19. The Hall–Kier alpha value is -0.750. The van der Waals surface area contributed by atoms with Crippen molar-refractivity contribution in [3.8, 4) is 0 Å². The molecule has 0 aromatic heterocycles. The summed E-state index contributed by atoms with van der Waals surface area (Å²) in [5.41, 5.74) is 0.877. The summed E-state index contributed by atoms with van der Waals surface area (Å²) in [6.07, 6.45) is 1.20. The molecule has 0 radical (unpaired) electrons. The van der Waals surface area contributed by atoms with Crippen LogP contribution in [-0.4, -0.2) is 44.2 Å². The van der Waals surface area contributed by atoms with Crippen molar-refractivity contribution in [3.63, 3.8) is 0 Å². The second kappa shape index (κ2) is 5.73. The van der Waals surface area contributed by atoms with Crippen LogP contribution < -0.4 is 0 Å². The molecule has 1 unspecified atom stereocenters. The smallest absolute Gasteiger partial charge is 0.407 e. The number of rotatable bonds is 1. The first-order valence-electron chi connectivity index (χ1n) is 5.77. The Morgan fingerprint density at radius 2 is 2.06 bits per heavy atom. The highest BCUT2D eigenvalue weighted by molar-refractivity contribution is 7.91. The predicted octanol–water partition coefficient (Wildman–Crippen LogP) is 2.05. The normalized spacial score (nSPS) is 22.4. The molecule has 0 aromatic rings. The maximum atomic E-state index is 11.9. The van der Waals surface area contributed by atoms with Crippen LogP contribution in [0.25, 0.3) is 0 Å². The summed E-state index contributed by atoms with van der Waals surface area (Å²) in [4.78, 5) is 12.2. The molecule has 1 saturated heterocycles. The van der Waals surface area contributed by atoms with Gasteiger partial charge in [0.05, 0.1) is 5.71 Å². The Balaban J connectivity index is 2.62. The molecule has 0 saturated carbocycles. The molecule has 1 atom stereocenters. The first kappa shape index (κ1) is 14.3. The van der Waals surface area contributed by atoms with Gasteiger partial charge in [0.1, 0.15) is 16.1 Å². The molecule has 0 bridgehead atoms. The van der Waals surface area contributed by atoms with Crippen molar-refractivity contribution in [1.29, 1.82) is 0 Å². The largest absolute Gasteiger partial charge is 0.591 e. The standard InChI is InChI=1S/C11H20N2O3S/c1-11(2,3)17(16)12-9-5-4-7-13(8-6-9)10(14)15/h4-8H2,1-3H3,(H,14,15)/b12-9-. The monoisotopic (exact) mass is 260 g/mol. The number of carbonyl (C=O) groups is 1. The molecule has 98 valence electrons. The summed E-state index contributed by atoms with van der Waals surface area (Å²) in [5, 5.41) is 8.89. The van der Waals surface area contributed by atoms with Crippen molar-refractivity contribution < 1.29 is 14.5 Å². The van der Waals surface area contributed by atoms with Crippen molar-refractivity contribution >= 4 is 23.2 Å². The zero-order valence-electron chi connectivity index (χ0n) is 10.6. The first-order valence-corrected chi connectivity index (χ1v) is 6.87. The van der Waals surface area contributed by atoms with Gasteiger partial charge in [-0.15, -0.1) is 0 Å². The van der Waals surface area contributed by atoms with Gasteiger partial charge >= 0.3 is 6.09 Å². The van der Waals surface area contributed by atoms with E-state index in [1.165, 1.54) is 4.90 Å². The number of carboxylic acid groups (broad SMARTS) is 1. The Labute approximate surface area is 105 Å². The first-order chi connectivity index (χ1) is 7.80. The highest BCUT2D eigenvalue weighted by atomic mass is 32.2. The minimum atomic E-state index is -1.24. The van der Waals surface area contributed by atoms with Crippen LogP contribution in [0.5, 0.6) is 0 Å². The fourth-order valence-electron chi connectivity index (χ4n) is 1.51. The molecule has 1 rings (SSSR count). The molecule has 1 heterocycles. The number of likely N-dealkylation sites (tertiary alicyclic amines) is 1. The van der Waals surface area contributed by atoms with Gasteiger partial charge in [-0.2, -0.15) is 0 Å². The molecular weight excluding hydrogens is 240 g/mol. The van der Waals surface area contributed by atoms with E-state index in [1.807, 2.05) is 20.8 Å². The van der Waals surface area contributed by atoms with Crippen LogP contribution in [0.2, 0.25) is 0 Å². The van der Waals surface area contributed by atoms with Crippen LogP contribution in [0, 0.1) is 0 Å². The van der Waals surface area contributed by atoms with Crippen LogP contribution in [-0.2, 0) is 11.4 Å². The summed E-state index contributed by atoms with van der Waals surface area (Å²) in [5.74, 6) is 0. The number of amides is 1. The molecule has 0 aromatic carbocycles. The van der Waals surface area contributed by atoms with E-state index < -0.39 is 17.5 Å². The SMILES string of the molecule is CC(C)(C)[S+]([O-])/N=C1/CCCN(C(=O)O)CC1. The highest BCUT2D eigenvalue weighted by Gasteiger charge is 2.28. The lowest BCUT2D eigenvalue weighted by Crippen LogP contribution is -2.30. The van der Waals surface area contributed by atoms with Gasteiger partial charge in [-0.05, 0) is 33.6 Å². The average molecular weight is 260 g/mol. The third kappa shape index (κ3) is 4.55. The molecule has 1 aliphatic heterocycles. The van der Waals surface area contributed by atoms with Crippen LogP contribution in [0.4, 0.5) is 4.79 Å². The van der Waals surface area contributed by atoms with Gasteiger partial charge in [-0.25, -0.2) is 4.79 Å². The molecular formula is C11H20N2O3S. The third-order valence-electron chi connectivity index (χ3n) is 2.57. The van der Waals surface area contributed by atoms with Gasteiger partial charge < -0.3 is 14.6 Å². The van der Waals surface area contributed by atoms with E-state index in [0.717, 1.165) is 18.6 Å². The molecule has 1 fully saturated rings. The van der Waals surface area contributed by atoms with E-state index in [0.29, 0.717) is 19.5 Å². The Bertz CT molecular complexity index is 312. The minimum Gasteiger partial charge on any atom is -0.591 e. The quantitative estimate of drug-likeness (QED) is 0.733. The molecule has 1 aliphatic rings. The van der Waals surface area contributed by atoms with Crippen LogP contribution in [0.15, 0.2) is 4.40 Å². The maximum Gasteiger partial charge on any atom is 0.407 e. The molecule has 1 amide bonds. The lowest BCUT2D eigenvalue weighted by molar-refractivity contribution is 0.147. The van der Waals surface area contributed by atoms with Gasteiger partial charge in [0, 0.05) is 19.5 Å². The second-order valence-electron chi connectivity index (χ2n) is 5.14. The van der Waals surface area contributed by atoms with E-state index in [-0.39, 0.29) is 4.75 Å². The van der Waals surface area contributed by atoms with E-state index in [4.69, 9.17) is 5.11 Å². The van der Waals surface area contributed by atoms with Gasteiger partial charge in [-0.3, -0.25) is 0 Å². The zero-order chi connectivity index (χ0) is 13.1. The average Bonchev–Trinajstić information content (AvgIpc) is 2.41. The molecule has 6 heteroatoms. The van der Waals surface area contributed by atoms with Crippen LogP contribution in [0.3, 0.4) is 0 Å². The summed E-state index contributed by atoms with van der Waals surface area (Å²) < 4.78 is 15.7. The second-order valence-corrected chi connectivity index (χ2v) is 7.05. The Kier molecular flexibility index (Phi) is 4.82. The van der Waals surface area contributed by atoms with Crippen molar-refractivity contribution in [2.45, 2.75) is 44.8 Å². The fraction of sp³-hybridized carbons (Fsp3) is 0.818. The number of hydrogen-bond donors (Lipinski definition) is 1. The van der Waals surface area contributed by atoms with Gasteiger partial charge in [-0.1, -0.05) is 4.40 Å². The van der Waals surface area contributed by atoms with Gasteiger partial charge in [0.2, 0.25) is 0 Å². The molecule has 17 heavy (non-hydrogen) atoms. The van der Waals surface area contributed by atoms with Gasteiger partial charge in [0.15, 0.2) is 0 Å².